The number of sulfone groups is 1. The third-order valence-electron chi connectivity index (χ3n) is 14.6. The van der Waals surface area contributed by atoms with Gasteiger partial charge in [0.2, 0.25) is 5.91 Å². The predicted octanol–water partition coefficient (Wildman–Crippen LogP) is 5.25. The molecule has 5 saturated heterocycles. The Hall–Kier alpha value is -3.59. The van der Waals surface area contributed by atoms with Gasteiger partial charge in [-0.25, -0.2) is 22.0 Å². The van der Waals surface area contributed by atoms with Gasteiger partial charge in [0.1, 0.15) is 12.0 Å². The number of likely N-dealkylation sites (tertiary alicyclic amines) is 4. The molecule has 6 aliphatic rings. The minimum Gasteiger partial charge on any atom is -0.453 e. The SMILES string of the molecule is C=CC(=O)N1CCC[C@@H](S(=O)(=O)c2ccc(N3CC(CN4CCC(C(CN5CCC5)(c5cccc(F)c5)[C@H]5CCC[C@@H]5NC(=O)OC)CC4)C3)cc2CN2CC(F)C2)C1. The molecular weight excluding hydrogens is 775 g/mol. The summed E-state index contributed by atoms with van der Waals surface area (Å²) in [7, 11) is -2.33. The van der Waals surface area contributed by atoms with Crippen LogP contribution in [0.3, 0.4) is 0 Å². The number of hydrogen-bond acceptors (Lipinski definition) is 9. The number of methoxy groups -OCH3 is 1. The molecular formula is C45H62F2N6O5S. The maximum atomic E-state index is 15.1. The lowest BCUT2D eigenvalue weighted by molar-refractivity contribution is -0.126. The van der Waals surface area contributed by atoms with Gasteiger partial charge in [0.15, 0.2) is 9.84 Å². The van der Waals surface area contributed by atoms with E-state index in [-0.39, 0.29) is 40.5 Å². The molecule has 322 valence electrons. The van der Waals surface area contributed by atoms with Gasteiger partial charge in [-0.05, 0) is 130 Å². The molecule has 6 fully saturated rings. The second kappa shape index (κ2) is 17.8. The fourth-order valence-electron chi connectivity index (χ4n) is 11.4. The van der Waals surface area contributed by atoms with Crippen molar-refractivity contribution in [2.75, 3.05) is 90.5 Å². The molecule has 2 amide bonds. The number of halogens is 2. The van der Waals surface area contributed by atoms with Crippen LogP contribution in [-0.2, 0) is 31.3 Å². The molecule has 11 nitrogen and oxygen atoms in total. The van der Waals surface area contributed by atoms with E-state index in [4.69, 9.17) is 4.74 Å². The van der Waals surface area contributed by atoms with Gasteiger partial charge in [0, 0.05) is 82.0 Å². The van der Waals surface area contributed by atoms with Crippen LogP contribution in [0.15, 0.2) is 60.0 Å². The van der Waals surface area contributed by atoms with E-state index in [0.29, 0.717) is 56.4 Å². The molecule has 2 aromatic carbocycles. The van der Waals surface area contributed by atoms with Gasteiger partial charge in [0.05, 0.1) is 17.3 Å². The third-order valence-corrected chi connectivity index (χ3v) is 16.9. The van der Waals surface area contributed by atoms with Crippen molar-refractivity contribution in [1.82, 2.24) is 24.9 Å². The van der Waals surface area contributed by atoms with Crippen molar-refractivity contribution < 1.29 is 31.5 Å². The Bertz CT molecular complexity index is 1950. The minimum atomic E-state index is -3.75. The Morgan fingerprint density at radius 1 is 0.898 bits per heavy atom. The number of carbonyl (C=O) groups is 2. The molecule has 5 heterocycles. The van der Waals surface area contributed by atoms with E-state index in [1.165, 1.54) is 25.7 Å². The Kier molecular flexibility index (Phi) is 12.7. The van der Waals surface area contributed by atoms with Crippen LogP contribution < -0.4 is 10.2 Å². The van der Waals surface area contributed by atoms with Crippen LogP contribution in [0.5, 0.6) is 0 Å². The fourth-order valence-corrected chi connectivity index (χ4v) is 13.3. The van der Waals surface area contributed by atoms with Gasteiger partial charge in [0.25, 0.3) is 0 Å². The van der Waals surface area contributed by atoms with E-state index in [2.05, 4.69) is 32.7 Å². The van der Waals surface area contributed by atoms with E-state index < -0.39 is 27.4 Å². The van der Waals surface area contributed by atoms with Gasteiger partial charge in [-0.15, -0.1) is 0 Å². The van der Waals surface area contributed by atoms with Crippen LogP contribution >= 0.6 is 0 Å². The lowest BCUT2D eigenvalue weighted by atomic mass is 9.57. The smallest absolute Gasteiger partial charge is 0.407 e. The number of benzene rings is 2. The van der Waals surface area contributed by atoms with Gasteiger partial charge < -0.3 is 29.7 Å². The van der Waals surface area contributed by atoms with Crippen molar-refractivity contribution in [3.05, 3.63) is 72.1 Å². The van der Waals surface area contributed by atoms with Crippen LogP contribution in [0.2, 0.25) is 0 Å². The first-order valence-corrected chi connectivity index (χ1v) is 23.5. The van der Waals surface area contributed by atoms with Crippen molar-refractivity contribution in [2.24, 2.45) is 17.8 Å². The summed E-state index contributed by atoms with van der Waals surface area (Å²) in [6, 6.07) is 12.9. The standard InChI is InChI=1S/C45H62F2N6O5S/c1-3-43(54)52-19-6-10-39(30-52)59(56,57)42-14-13-38(22-33(42)27-51-28-37(47)29-51)53-25-32(26-53)24-49-20-15-34(16-21-49)45(31-50-17-7-18-50,35-8-4-9-36(46)23-35)40-11-5-12-41(40)48-44(55)58-2/h3-4,8-9,13-14,22-23,32,34,37,39-41H,1,5-7,10-12,15-21,24-31H2,2H3,(H,48,55)/t39-,40+,41+,45?/m1/s1. The number of alkyl carbamates (subject to hydrolysis) is 1. The topological polar surface area (TPSA) is 106 Å². The predicted molar refractivity (Wildman–Crippen MR) is 224 cm³/mol. The lowest BCUT2D eigenvalue weighted by Crippen LogP contribution is -2.60. The molecule has 4 atom stereocenters. The molecule has 0 spiro atoms. The van der Waals surface area contributed by atoms with E-state index >= 15 is 4.39 Å². The zero-order chi connectivity index (χ0) is 41.3. The molecule has 0 aromatic heterocycles. The lowest BCUT2D eigenvalue weighted by Gasteiger charge is -2.54. The minimum absolute atomic E-state index is 0.0298. The number of carbonyl (C=O) groups excluding carboxylic acids is 2. The molecule has 0 radical (unpaired) electrons. The number of piperidine rings is 2. The van der Waals surface area contributed by atoms with Gasteiger partial charge in [-0.3, -0.25) is 9.69 Å². The summed E-state index contributed by atoms with van der Waals surface area (Å²) in [6.07, 6.45) is 7.11. The Balaban J connectivity index is 0.942. The van der Waals surface area contributed by atoms with Crippen LogP contribution in [0, 0.1) is 23.6 Å². The summed E-state index contributed by atoms with van der Waals surface area (Å²) in [6.45, 7) is 12.8. The number of nitrogens with one attached hydrogen (secondary N) is 1. The average Bonchev–Trinajstić information content (AvgIpc) is 3.66. The highest BCUT2D eigenvalue weighted by Gasteiger charge is 2.53. The Morgan fingerprint density at radius 3 is 2.36 bits per heavy atom. The van der Waals surface area contributed by atoms with Crippen LogP contribution in [-0.4, -0.2) is 143 Å². The van der Waals surface area contributed by atoms with E-state index in [9.17, 15) is 22.4 Å². The molecule has 59 heavy (non-hydrogen) atoms. The van der Waals surface area contributed by atoms with Crippen molar-refractivity contribution in [2.45, 2.75) is 85.7 Å². The van der Waals surface area contributed by atoms with Gasteiger partial charge in [-0.1, -0.05) is 25.1 Å². The molecule has 1 N–H and O–H groups in total. The largest absolute Gasteiger partial charge is 0.453 e. The fraction of sp³-hybridized carbons (Fsp3) is 0.644. The summed E-state index contributed by atoms with van der Waals surface area (Å²) in [4.78, 5) is 36.2. The van der Waals surface area contributed by atoms with E-state index in [0.717, 1.165) is 95.7 Å². The molecule has 1 aliphatic carbocycles. The van der Waals surface area contributed by atoms with Crippen molar-refractivity contribution >= 4 is 27.5 Å². The van der Waals surface area contributed by atoms with Crippen LogP contribution in [0.1, 0.15) is 62.5 Å². The molecule has 1 saturated carbocycles. The van der Waals surface area contributed by atoms with Gasteiger partial charge in [-0.2, -0.15) is 0 Å². The average molecular weight is 837 g/mol. The summed E-state index contributed by atoms with van der Waals surface area (Å²) < 4.78 is 62.3. The van der Waals surface area contributed by atoms with Crippen molar-refractivity contribution in [1.29, 1.82) is 0 Å². The second-order valence-corrected chi connectivity index (χ2v) is 20.4. The third kappa shape index (κ3) is 8.79. The number of amides is 2. The summed E-state index contributed by atoms with van der Waals surface area (Å²) in [5, 5.41) is 2.49. The van der Waals surface area contributed by atoms with Crippen molar-refractivity contribution in [3.8, 4) is 0 Å². The first kappa shape index (κ1) is 42.1. The van der Waals surface area contributed by atoms with Crippen molar-refractivity contribution in [3.63, 3.8) is 0 Å². The number of anilines is 1. The first-order chi connectivity index (χ1) is 28.5. The number of rotatable bonds is 14. The first-order valence-electron chi connectivity index (χ1n) is 21.9. The maximum absolute atomic E-state index is 15.1. The summed E-state index contributed by atoms with van der Waals surface area (Å²) >= 11 is 0. The number of ether oxygens (including phenoxy) is 1. The normalized spacial score (nSPS) is 26.4. The Labute approximate surface area is 349 Å². The zero-order valence-corrected chi connectivity index (χ0v) is 35.4. The molecule has 0 bridgehead atoms. The second-order valence-electron chi connectivity index (χ2n) is 18.2. The van der Waals surface area contributed by atoms with Crippen LogP contribution in [0.4, 0.5) is 19.3 Å². The van der Waals surface area contributed by atoms with Gasteiger partial charge >= 0.3 is 6.09 Å². The highest BCUT2D eigenvalue weighted by atomic mass is 32.2. The maximum Gasteiger partial charge on any atom is 0.407 e. The monoisotopic (exact) mass is 836 g/mol. The van der Waals surface area contributed by atoms with E-state index in [1.807, 2.05) is 23.1 Å². The molecule has 8 rings (SSSR count). The summed E-state index contributed by atoms with van der Waals surface area (Å²) in [5.41, 5.74) is 2.43. The van der Waals surface area contributed by atoms with E-state index in [1.54, 1.807) is 17.0 Å². The molecule has 1 unspecified atom stereocenters. The zero-order valence-electron chi connectivity index (χ0n) is 34.6. The molecule has 14 heteroatoms. The number of alkyl halides is 1. The van der Waals surface area contributed by atoms with Crippen LogP contribution in [0.25, 0.3) is 0 Å². The molecule has 2 aromatic rings. The molecule has 5 aliphatic heterocycles. The highest BCUT2D eigenvalue weighted by Crippen LogP contribution is 2.51. The number of nitrogens with zero attached hydrogens (tertiary/aromatic N) is 5. The summed E-state index contributed by atoms with van der Waals surface area (Å²) in [5.74, 6) is 0.501. The quantitative estimate of drug-likeness (QED) is 0.256. The Morgan fingerprint density at radius 2 is 1.68 bits per heavy atom. The number of hydrogen-bond donors (Lipinski definition) is 1. The highest BCUT2D eigenvalue weighted by molar-refractivity contribution is 7.92.